The van der Waals surface area contributed by atoms with Crippen molar-refractivity contribution in [1.82, 2.24) is 14.9 Å². The van der Waals surface area contributed by atoms with Crippen LogP contribution >= 0.6 is 0 Å². The van der Waals surface area contributed by atoms with Crippen LogP contribution in [-0.4, -0.2) is 15.7 Å². The van der Waals surface area contributed by atoms with Gasteiger partial charge in [0.05, 0.1) is 6.54 Å². The summed E-state index contributed by atoms with van der Waals surface area (Å²) in [5.74, 6) is 0.560. The molecule has 19 heavy (non-hydrogen) atoms. The first-order valence-corrected chi connectivity index (χ1v) is 5.79. The van der Waals surface area contributed by atoms with E-state index < -0.39 is 12.2 Å². The number of hydrogen-bond acceptors (Lipinski definition) is 2. The molecule has 0 bridgehead atoms. The molecule has 1 unspecified atom stereocenters. The number of aromatic nitrogens is 2. The summed E-state index contributed by atoms with van der Waals surface area (Å²) in [6.07, 6.45) is -1.09. The molecule has 0 aliphatic rings. The normalized spacial score (nSPS) is 13.5. The molecule has 102 valence electrons. The Balaban J connectivity index is 2.14. The van der Waals surface area contributed by atoms with Crippen molar-refractivity contribution in [2.45, 2.75) is 18.8 Å². The molecule has 0 aliphatic carbocycles. The number of rotatable bonds is 4. The molecular weight excluding hydrogens is 255 g/mol. The van der Waals surface area contributed by atoms with Gasteiger partial charge in [-0.1, -0.05) is 30.3 Å². The zero-order chi connectivity index (χ0) is 13.9. The van der Waals surface area contributed by atoms with Gasteiger partial charge in [-0.05, 0) is 5.56 Å². The lowest BCUT2D eigenvalue weighted by Gasteiger charge is -2.22. The zero-order valence-electron chi connectivity index (χ0n) is 10.4. The predicted molar refractivity (Wildman–Crippen MR) is 65.3 cm³/mol. The van der Waals surface area contributed by atoms with Gasteiger partial charge in [-0.25, -0.2) is 4.98 Å². The molecule has 1 aromatic carbocycles. The smallest absolute Gasteiger partial charge is 0.337 e. The van der Waals surface area contributed by atoms with E-state index in [1.807, 2.05) is 0 Å². The van der Waals surface area contributed by atoms with Gasteiger partial charge in [0.25, 0.3) is 0 Å². The van der Waals surface area contributed by atoms with Crippen molar-refractivity contribution < 1.29 is 13.2 Å². The Morgan fingerprint density at radius 2 is 1.95 bits per heavy atom. The van der Waals surface area contributed by atoms with E-state index in [0.29, 0.717) is 5.82 Å². The van der Waals surface area contributed by atoms with Gasteiger partial charge in [0.2, 0.25) is 0 Å². The summed E-state index contributed by atoms with van der Waals surface area (Å²) in [6.45, 7) is 0.0581. The average molecular weight is 269 g/mol. The standard InChI is InChI=1S/C13H14F3N3/c1-19-8-7-17-11(19)9-18-12(13(14,15)16)10-5-3-2-4-6-10/h2-8,12,18H,9H2,1H3. The van der Waals surface area contributed by atoms with E-state index >= 15 is 0 Å². The molecule has 2 aromatic rings. The Morgan fingerprint density at radius 1 is 1.26 bits per heavy atom. The van der Waals surface area contributed by atoms with Gasteiger partial charge in [-0.3, -0.25) is 5.32 Å². The van der Waals surface area contributed by atoms with Crippen LogP contribution in [0.25, 0.3) is 0 Å². The molecular formula is C13H14F3N3. The summed E-state index contributed by atoms with van der Waals surface area (Å²) in [4.78, 5) is 4.00. The quantitative estimate of drug-likeness (QED) is 0.925. The molecule has 6 heteroatoms. The first kappa shape index (κ1) is 13.6. The summed E-state index contributed by atoms with van der Waals surface area (Å²) in [7, 11) is 1.75. The number of halogens is 3. The fourth-order valence-electron chi connectivity index (χ4n) is 1.83. The molecule has 0 fully saturated rings. The number of hydrogen-bond donors (Lipinski definition) is 1. The topological polar surface area (TPSA) is 29.9 Å². The van der Waals surface area contributed by atoms with Gasteiger partial charge in [-0.15, -0.1) is 0 Å². The molecule has 1 atom stereocenters. The molecule has 0 saturated carbocycles. The van der Waals surface area contributed by atoms with Gasteiger partial charge < -0.3 is 4.57 Å². The van der Waals surface area contributed by atoms with Gasteiger partial charge in [0, 0.05) is 19.4 Å². The van der Waals surface area contributed by atoms with E-state index in [1.165, 1.54) is 12.1 Å². The van der Waals surface area contributed by atoms with E-state index in [4.69, 9.17) is 0 Å². The third-order valence-electron chi connectivity index (χ3n) is 2.85. The first-order valence-electron chi connectivity index (χ1n) is 5.79. The number of imidazole rings is 1. The van der Waals surface area contributed by atoms with Crippen LogP contribution in [0.4, 0.5) is 13.2 Å². The SMILES string of the molecule is Cn1ccnc1CNC(c1ccccc1)C(F)(F)F. The van der Waals surface area contributed by atoms with Crippen molar-refractivity contribution >= 4 is 0 Å². The highest BCUT2D eigenvalue weighted by Gasteiger charge is 2.40. The Kier molecular flexibility index (Phi) is 3.90. The Labute approximate surface area is 109 Å². The van der Waals surface area contributed by atoms with Gasteiger partial charge in [-0.2, -0.15) is 13.2 Å². The third kappa shape index (κ3) is 3.35. The maximum absolute atomic E-state index is 13.0. The minimum absolute atomic E-state index is 0.0581. The van der Waals surface area contributed by atoms with E-state index in [2.05, 4.69) is 10.3 Å². The minimum atomic E-state index is -4.34. The highest BCUT2D eigenvalue weighted by molar-refractivity contribution is 5.20. The average Bonchev–Trinajstić information content (AvgIpc) is 2.75. The third-order valence-corrected chi connectivity index (χ3v) is 2.85. The van der Waals surface area contributed by atoms with Crippen molar-refractivity contribution in [3.8, 4) is 0 Å². The highest BCUT2D eigenvalue weighted by Crippen LogP contribution is 2.32. The highest BCUT2D eigenvalue weighted by atomic mass is 19.4. The largest absolute Gasteiger partial charge is 0.407 e. The Hall–Kier alpha value is -1.82. The molecule has 2 rings (SSSR count). The van der Waals surface area contributed by atoms with Crippen LogP contribution in [-0.2, 0) is 13.6 Å². The van der Waals surface area contributed by atoms with Crippen LogP contribution in [0.2, 0.25) is 0 Å². The van der Waals surface area contributed by atoms with Crippen molar-refractivity contribution in [2.75, 3.05) is 0 Å². The fraction of sp³-hybridized carbons (Fsp3) is 0.308. The van der Waals surface area contributed by atoms with Crippen molar-refractivity contribution in [3.05, 3.63) is 54.1 Å². The Morgan fingerprint density at radius 3 is 2.47 bits per heavy atom. The summed E-state index contributed by atoms with van der Waals surface area (Å²) in [5.41, 5.74) is 0.198. The predicted octanol–water partition coefficient (Wildman–Crippen LogP) is 2.81. The molecule has 0 amide bonds. The monoisotopic (exact) mass is 269 g/mol. The molecule has 0 radical (unpaired) electrons. The van der Waals surface area contributed by atoms with E-state index in [0.717, 1.165) is 0 Å². The van der Waals surface area contributed by atoms with Crippen LogP contribution in [0.15, 0.2) is 42.7 Å². The number of nitrogens with one attached hydrogen (secondary N) is 1. The number of alkyl halides is 3. The second-order valence-electron chi connectivity index (χ2n) is 4.22. The van der Waals surface area contributed by atoms with E-state index in [1.54, 1.807) is 42.2 Å². The van der Waals surface area contributed by atoms with Crippen LogP contribution in [0, 0.1) is 0 Å². The maximum atomic E-state index is 13.0. The molecule has 1 heterocycles. The van der Waals surface area contributed by atoms with Crippen LogP contribution in [0.5, 0.6) is 0 Å². The van der Waals surface area contributed by atoms with Crippen molar-refractivity contribution in [2.24, 2.45) is 7.05 Å². The van der Waals surface area contributed by atoms with Crippen molar-refractivity contribution in [3.63, 3.8) is 0 Å². The van der Waals surface area contributed by atoms with Crippen LogP contribution < -0.4 is 5.32 Å². The molecule has 1 aromatic heterocycles. The molecule has 1 N–H and O–H groups in total. The zero-order valence-corrected chi connectivity index (χ0v) is 10.4. The minimum Gasteiger partial charge on any atom is -0.337 e. The molecule has 0 saturated heterocycles. The molecule has 0 spiro atoms. The maximum Gasteiger partial charge on any atom is 0.407 e. The van der Waals surface area contributed by atoms with Crippen LogP contribution in [0.1, 0.15) is 17.4 Å². The van der Waals surface area contributed by atoms with E-state index in [-0.39, 0.29) is 12.1 Å². The van der Waals surface area contributed by atoms with E-state index in [9.17, 15) is 13.2 Å². The lowest BCUT2D eigenvalue weighted by molar-refractivity contribution is -0.158. The van der Waals surface area contributed by atoms with Crippen LogP contribution in [0.3, 0.4) is 0 Å². The van der Waals surface area contributed by atoms with Gasteiger partial charge in [0.15, 0.2) is 0 Å². The summed E-state index contributed by atoms with van der Waals surface area (Å²) in [6, 6.07) is 6.11. The lowest BCUT2D eigenvalue weighted by Crippen LogP contribution is -2.34. The Bertz CT molecular complexity index is 519. The second-order valence-corrected chi connectivity index (χ2v) is 4.22. The van der Waals surface area contributed by atoms with Gasteiger partial charge in [0.1, 0.15) is 11.9 Å². The molecule has 3 nitrogen and oxygen atoms in total. The van der Waals surface area contributed by atoms with Gasteiger partial charge >= 0.3 is 6.18 Å². The summed E-state index contributed by atoms with van der Waals surface area (Å²) >= 11 is 0. The molecule has 0 aliphatic heterocycles. The van der Waals surface area contributed by atoms with Crippen molar-refractivity contribution in [1.29, 1.82) is 0 Å². The summed E-state index contributed by atoms with van der Waals surface area (Å²) in [5, 5.41) is 2.51. The first-order chi connectivity index (χ1) is 8.98. The number of aryl methyl sites for hydroxylation is 1. The number of benzene rings is 1. The second kappa shape index (κ2) is 5.44. The number of nitrogens with zero attached hydrogens (tertiary/aromatic N) is 2. The lowest BCUT2D eigenvalue weighted by atomic mass is 10.1. The fourth-order valence-corrected chi connectivity index (χ4v) is 1.83. The summed E-state index contributed by atoms with van der Waals surface area (Å²) < 4.78 is 40.8.